The molecule has 144 valence electrons. The van der Waals surface area contributed by atoms with Gasteiger partial charge in [0.1, 0.15) is 16.0 Å². The van der Waals surface area contributed by atoms with Gasteiger partial charge in [0.2, 0.25) is 5.91 Å². The van der Waals surface area contributed by atoms with Crippen LogP contribution >= 0.6 is 11.3 Å². The van der Waals surface area contributed by atoms with Crippen LogP contribution in [0.1, 0.15) is 84.4 Å². The van der Waals surface area contributed by atoms with Gasteiger partial charge in [0.15, 0.2) is 0 Å². The van der Waals surface area contributed by atoms with E-state index in [0.717, 1.165) is 37.0 Å². The minimum Gasteiger partial charge on any atom is -0.462 e. The fourth-order valence-corrected chi connectivity index (χ4v) is 4.14. The molecule has 0 aromatic carbocycles. The zero-order valence-electron chi connectivity index (χ0n) is 15.7. The predicted octanol–water partition coefficient (Wildman–Crippen LogP) is 4.46. The molecule has 1 amide bonds. The van der Waals surface area contributed by atoms with Crippen LogP contribution in [0.3, 0.4) is 0 Å². The first-order chi connectivity index (χ1) is 12.5. The standard InChI is InChI=1S/C19H27NO5S/c1-4-9-14(21)20-17-15(18(22)24-5-2)12(3)16(26-17)19(23)25-13-10-7-6-8-11-13/h13H,4-11H2,1-3H3,(H,20,21). The number of rotatable bonds is 7. The molecule has 1 aromatic rings. The monoisotopic (exact) mass is 381 g/mol. The molecule has 1 aliphatic rings. The van der Waals surface area contributed by atoms with Gasteiger partial charge >= 0.3 is 11.9 Å². The molecular weight excluding hydrogens is 354 g/mol. The topological polar surface area (TPSA) is 81.7 Å². The van der Waals surface area contributed by atoms with Gasteiger partial charge in [-0.1, -0.05) is 13.3 Å². The fraction of sp³-hybridized carbons (Fsp3) is 0.632. The van der Waals surface area contributed by atoms with Crippen molar-refractivity contribution in [2.75, 3.05) is 11.9 Å². The van der Waals surface area contributed by atoms with E-state index in [1.54, 1.807) is 13.8 Å². The van der Waals surface area contributed by atoms with E-state index in [9.17, 15) is 14.4 Å². The normalized spacial score (nSPS) is 14.7. The number of anilines is 1. The van der Waals surface area contributed by atoms with Crippen molar-refractivity contribution < 1.29 is 23.9 Å². The number of hydrogen-bond donors (Lipinski definition) is 1. The Morgan fingerprint density at radius 3 is 2.42 bits per heavy atom. The van der Waals surface area contributed by atoms with E-state index in [-0.39, 0.29) is 24.2 Å². The Bertz CT molecular complexity index is 661. The summed E-state index contributed by atoms with van der Waals surface area (Å²) < 4.78 is 10.7. The van der Waals surface area contributed by atoms with Crippen molar-refractivity contribution >= 4 is 34.2 Å². The van der Waals surface area contributed by atoms with Crippen LogP contribution in [0.25, 0.3) is 0 Å². The van der Waals surface area contributed by atoms with E-state index in [0.29, 0.717) is 28.3 Å². The number of carbonyl (C=O) groups excluding carboxylic acids is 3. The third kappa shape index (κ3) is 5.06. The second-order valence-corrected chi connectivity index (χ2v) is 7.46. The first kappa shape index (κ1) is 20.4. The largest absolute Gasteiger partial charge is 0.462 e. The first-order valence-corrected chi connectivity index (χ1v) is 10.1. The Balaban J connectivity index is 2.26. The Morgan fingerprint density at radius 1 is 1.12 bits per heavy atom. The Labute approximate surface area is 158 Å². The molecule has 0 aliphatic heterocycles. The molecule has 26 heavy (non-hydrogen) atoms. The van der Waals surface area contributed by atoms with Crippen LogP contribution in [-0.4, -0.2) is 30.6 Å². The Hall–Kier alpha value is -1.89. The summed E-state index contributed by atoms with van der Waals surface area (Å²) in [4.78, 5) is 37.3. The number of ether oxygens (including phenoxy) is 2. The Kier molecular flexibility index (Phi) is 7.63. The summed E-state index contributed by atoms with van der Waals surface area (Å²) in [5.41, 5.74) is 0.748. The highest BCUT2D eigenvalue weighted by Crippen LogP contribution is 2.35. The van der Waals surface area contributed by atoms with Gasteiger partial charge in [-0.2, -0.15) is 0 Å². The van der Waals surface area contributed by atoms with Gasteiger partial charge < -0.3 is 14.8 Å². The first-order valence-electron chi connectivity index (χ1n) is 9.29. The summed E-state index contributed by atoms with van der Waals surface area (Å²) in [7, 11) is 0. The van der Waals surface area contributed by atoms with Crippen molar-refractivity contribution in [1.82, 2.24) is 0 Å². The molecule has 6 nitrogen and oxygen atoms in total. The van der Waals surface area contributed by atoms with Gasteiger partial charge in [-0.15, -0.1) is 11.3 Å². The van der Waals surface area contributed by atoms with Crippen molar-refractivity contribution in [1.29, 1.82) is 0 Å². The number of carbonyl (C=O) groups is 3. The molecule has 1 fully saturated rings. The van der Waals surface area contributed by atoms with E-state index in [1.165, 1.54) is 6.42 Å². The van der Waals surface area contributed by atoms with Gasteiger partial charge in [-0.25, -0.2) is 9.59 Å². The molecule has 2 rings (SSSR count). The van der Waals surface area contributed by atoms with Crippen LogP contribution in [0, 0.1) is 6.92 Å². The number of nitrogens with one attached hydrogen (secondary N) is 1. The molecule has 1 heterocycles. The lowest BCUT2D eigenvalue weighted by molar-refractivity contribution is -0.116. The van der Waals surface area contributed by atoms with Crippen molar-refractivity contribution in [2.24, 2.45) is 0 Å². The van der Waals surface area contributed by atoms with Crippen LogP contribution in [-0.2, 0) is 14.3 Å². The van der Waals surface area contributed by atoms with Gasteiger partial charge in [0.05, 0.1) is 12.2 Å². The molecule has 0 radical (unpaired) electrons. The molecule has 1 aromatic heterocycles. The van der Waals surface area contributed by atoms with E-state index in [1.807, 2.05) is 6.92 Å². The van der Waals surface area contributed by atoms with E-state index >= 15 is 0 Å². The summed E-state index contributed by atoms with van der Waals surface area (Å²) in [6.07, 6.45) is 6.03. The van der Waals surface area contributed by atoms with E-state index in [2.05, 4.69) is 5.32 Å². The third-order valence-corrected chi connectivity index (χ3v) is 5.55. The molecule has 0 spiro atoms. The number of esters is 2. The average Bonchev–Trinajstić information content (AvgIpc) is 2.92. The summed E-state index contributed by atoms with van der Waals surface area (Å²) in [5.74, 6) is -1.16. The van der Waals surface area contributed by atoms with Crippen molar-refractivity contribution in [2.45, 2.75) is 71.8 Å². The lowest BCUT2D eigenvalue weighted by Gasteiger charge is -2.21. The molecule has 1 N–H and O–H groups in total. The smallest absolute Gasteiger partial charge is 0.348 e. The summed E-state index contributed by atoms with van der Waals surface area (Å²) in [6.45, 7) is 5.53. The second kappa shape index (κ2) is 9.71. The van der Waals surface area contributed by atoms with Crippen LogP contribution in [0.15, 0.2) is 0 Å². The van der Waals surface area contributed by atoms with Gasteiger partial charge in [-0.3, -0.25) is 4.79 Å². The Morgan fingerprint density at radius 2 is 1.81 bits per heavy atom. The zero-order chi connectivity index (χ0) is 19.1. The van der Waals surface area contributed by atoms with Gasteiger partial charge in [-0.05, 0) is 51.5 Å². The maximum absolute atomic E-state index is 12.6. The highest BCUT2D eigenvalue weighted by Gasteiger charge is 2.28. The predicted molar refractivity (Wildman–Crippen MR) is 101 cm³/mol. The minimum absolute atomic E-state index is 0.0677. The van der Waals surface area contributed by atoms with Crippen LogP contribution in [0.5, 0.6) is 0 Å². The number of thiophene rings is 1. The second-order valence-electron chi connectivity index (χ2n) is 6.44. The maximum atomic E-state index is 12.6. The molecular formula is C19H27NO5S. The molecule has 0 unspecified atom stereocenters. The SMILES string of the molecule is CCCC(=O)Nc1sc(C(=O)OC2CCCCC2)c(C)c1C(=O)OCC. The van der Waals surface area contributed by atoms with Crippen molar-refractivity contribution in [3.8, 4) is 0 Å². The minimum atomic E-state index is -0.537. The fourth-order valence-electron chi connectivity index (χ4n) is 3.05. The molecule has 0 bridgehead atoms. The average molecular weight is 381 g/mol. The molecule has 1 saturated carbocycles. The lowest BCUT2D eigenvalue weighted by atomic mass is 9.98. The number of amides is 1. The highest BCUT2D eigenvalue weighted by atomic mass is 32.1. The van der Waals surface area contributed by atoms with Crippen molar-refractivity contribution in [3.63, 3.8) is 0 Å². The molecule has 1 aliphatic carbocycles. The molecule has 0 atom stereocenters. The maximum Gasteiger partial charge on any atom is 0.348 e. The summed E-state index contributed by atoms with van der Waals surface area (Å²) in [6, 6.07) is 0. The van der Waals surface area contributed by atoms with Crippen LogP contribution in [0.4, 0.5) is 5.00 Å². The van der Waals surface area contributed by atoms with Gasteiger partial charge in [0, 0.05) is 6.42 Å². The third-order valence-electron chi connectivity index (χ3n) is 4.37. The molecule has 7 heteroatoms. The number of hydrogen-bond acceptors (Lipinski definition) is 6. The zero-order valence-corrected chi connectivity index (χ0v) is 16.5. The van der Waals surface area contributed by atoms with Crippen LogP contribution in [0.2, 0.25) is 0 Å². The van der Waals surface area contributed by atoms with E-state index < -0.39 is 11.9 Å². The quantitative estimate of drug-likeness (QED) is 0.705. The van der Waals surface area contributed by atoms with Crippen molar-refractivity contribution in [3.05, 3.63) is 16.0 Å². The van der Waals surface area contributed by atoms with E-state index in [4.69, 9.17) is 9.47 Å². The summed E-state index contributed by atoms with van der Waals surface area (Å²) >= 11 is 1.08. The summed E-state index contributed by atoms with van der Waals surface area (Å²) in [5, 5.41) is 3.10. The van der Waals surface area contributed by atoms with Crippen LogP contribution < -0.4 is 5.32 Å². The molecule has 0 saturated heterocycles. The lowest BCUT2D eigenvalue weighted by Crippen LogP contribution is -2.21. The van der Waals surface area contributed by atoms with Gasteiger partial charge in [0.25, 0.3) is 0 Å². The highest BCUT2D eigenvalue weighted by molar-refractivity contribution is 7.18.